The van der Waals surface area contributed by atoms with E-state index in [9.17, 15) is 0 Å². The molecule has 0 radical (unpaired) electrons. The Morgan fingerprint density at radius 3 is 0.869 bits per heavy atom. The van der Waals surface area contributed by atoms with Gasteiger partial charge >= 0.3 is 0 Å². The smallest absolute Gasteiger partial charge is 0.183 e. The lowest BCUT2D eigenvalue weighted by atomic mass is 9.83. The van der Waals surface area contributed by atoms with Gasteiger partial charge in [-0.25, -0.2) is 0 Å². The molecule has 8 aromatic rings. The Balaban J connectivity index is 1.55. The number of rotatable bonds is 12. The van der Waals surface area contributed by atoms with Gasteiger partial charge in [0.05, 0.1) is 26.4 Å². The molecule has 2 aliphatic rings. The van der Waals surface area contributed by atoms with E-state index in [1.165, 1.54) is 87.5 Å². The molecule has 0 saturated carbocycles. The second-order valence-corrected chi connectivity index (χ2v) is 19.5. The second kappa shape index (κ2) is 16.4. The van der Waals surface area contributed by atoms with Crippen molar-refractivity contribution >= 4 is 28.8 Å². The molecule has 10 rings (SSSR count). The maximum Gasteiger partial charge on any atom is 0.183 e. The number of fused-ring (bicyclic) bond motifs is 10. The summed E-state index contributed by atoms with van der Waals surface area (Å²) in [4.78, 5) is 0. The Morgan fingerprint density at radius 1 is 0.295 bits per heavy atom. The van der Waals surface area contributed by atoms with Gasteiger partial charge in [-0.3, -0.25) is 0 Å². The van der Waals surface area contributed by atoms with E-state index < -0.39 is 8.07 Å². The van der Waals surface area contributed by atoms with E-state index in [-0.39, 0.29) is 0 Å². The zero-order valence-electron chi connectivity index (χ0n) is 35.1. The average molecular weight is 813 g/mol. The van der Waals surface area contributed by atoms with Crippen molar-refractivity contribution in [3.05, 3.63) is 192 Å². The molecule has 0 fully saturated rings. The Hall–Kier alpha value is -6.18. The van der Waals surface area contributed by atoms with Gasteiger partial charge in [0.1, 0.15) is 0 Å². The van der Waals surface area contributed by atoms with E-state index in [2.05, 4.69) is 170 Å². The van der Waals surface area contributed by atoms with Crippen LogP contribution in [0.2, 0.25) is 0 Å². The molecule has 0 saturated heterocycles. The van der Waals surface area contributed by atoms with Gasteiger partial charge in [0.2, 0.25) is 0 Å². The normalized spacial score (nSPS) is 12.9. The van der Waals surface area contributed by atoms with Crippen molar-refractivity contribution in [2.45, 2.75) is 26.4 Å². The largest absolute Gasteiger partial charge is 0.380 e. The average Bonchev–Trinajstić information content (AvgIpc) is 3.78. The maximum atomic E-state index is 6.29. The molecule has 4 nitrogen and oxygen atoms in total. The summed E-state index contributed by atoms with van der Waals surface area (Å²) < 4.78 is 25.0. The molecule has 0 bridgehead atoms. The van der Waals surface area contributed by atoms with E-state index in [1.54, 1.807) is 14.2 Å². The molecule has 0 N–H and O–H groups in total. The fraction of sp³-hybridized carbons (Fsp3) is 0.143. The minimum atomic E-state index is -3.34. The SMILES string of the molecule is COCc1c(COC)c(-c2ccccc2)c2c(c1-c1ccccc1)-c1ccccc1[Si]21c2ccccc2-c2c(-c3ccccc3)c(COC)c(COC)c(-c3ccccc3)c21. The molecule has 0 aliphatic carbocycles. The summed E-state index contributed by atoms with van der Waals surface area (Å²) in [5.74, 6) is 0. The Morgan fingerprint density at radius 2 is 0.557 bits per heavy atom. The fourth-order valence-electron chi connectivity index (χ4n) is 10.8. The molecule has 61 heavy (non-hydrogen) atoms. The van der Waals surface area contributed by atoms with Crippen LogP contribution in [0, 0.1) is 0 Å². The molecule has 5 heteroatoms. The molecule has 0 unspecified atom stereocenters. The number of ether oxygens (including phenoxy) is 4. The third-order valence-electron chi connectivity index (χ3n) is 12.8. The lowest BCUT2D eigenvalue weighted by Crippen LogP contribution is -2.71. The van der Waals surface area contributed by atoms with Crippen LogP contribution in [0.15, 0.2) is 170 Å². The van der Waals surface area contributed by atoms with Crippen LogP contribution in [-0.4, -0.2) is 36.5 Å². The highest BCUT2D eigenvalue weighted by Gasteiger charge is 2.58. The number of hydrogen-bond acceptors (Lipinski definition) is 4. The standard InChI is InChI=1S/C56H48O4Si/c1-57-33-43-45(35-59-3)51(39-25-13-7-14-26-39)55-53(49(43)37-21-9-5-10-22-37)41-29-17-19-31-47(41)61(55)48-32-20-18-30-42(48)54-50(38-23-11-6-12-24-38)44(34-58-2)46(36-60-4)52(56(54)61)40-27-15-8-16-28-40/h5-32H,33-36H2,1-4H3. The minimum absolute atomic E-state index is 0.424. The van der Waals surface area contributed by atoms with Crippen molar-refractivity contribution in [3.63, 3.8) is 0 Å². The van der Waals surface area contributed by atoms with Gasteiger partial charge in [-0.15, -0.1) is 0 Å². The van der Waals surface area contributed by atoms with Gasteiger partial charge in [-0.2, -0.15) is 0 Å². The summed E-state index contributed by atoms with van der Waals surface area (Å²) in [5.41, 5.74) is 19.4. The number of benzene rings is 8. The lowest BCUT2D eigenvalue weighted by Gasteiger charge is -2.35. The van der Waals surface area contributed by atoms with Crippen LogP contribution >= 0.6 is 0 Å². The summed E-state index contributed by atoms with van der Waals surface area (Å²) >= 11 is 0. The van der Waals surface area contributed by atoms with Gasteiger partial charge in [-0.05, 0) is 110 Å². The van der Waals surface area contributed by atoms with Crippen molar-refractivity contribution in [1.29, 1.82) is 0 Å². The van der Waals surface area contributed by atoms with Crippen molar-refractivity contribution < 1.29 is 18.9 Å². The zero-order valence-corrected chi connectivity index (χ0v) is 36.1. The molecule has 0 aromatic heterocycles. The van der Waals surface area contributed by atoms with Gasteiger partial charge in [-0.1, -0.05) is 170 Å². The van der Waals surface area contributed by atoms with Crippen LogP contribution in [0.5, 0.6) is 0 Å². The fourth-order valence-corrected chi connectivity index (χ4v) is 16.9. The van der Waals surface area contributed by atoms with Crippen LogP contribution in [0.3, 0.4) is 0 Å². The van der Waals surface area contributed by atoms with Gasteiger partial charge < -0.3 is 18.9 Å². The highest BCUT2D eigenvalue weighted by molar-refractivity contribution is 7.25. The van der Waals surface area contributed by atoms with Crippen LogP contribution in [0.1, 0.15) is 22.3 Å². The summed E-state index contributed by atoms with van der Waals surface area (Å²) in [6.07, 6.45) is 0. The zero-order chi connectivity index (χ0) is 41.5. The highest BCUT2D eigenvalue weighted by atomic mass is 28.3. The lowest BCUT2D eigenvalue weighted by molar-refractivity contribution is 0.169. The molecule has 0 amide bonds. The first kappa shape index (κ1) is 39.0. The predicted octanol–water partition coefficient (Wildman–Crippen LogP) is 10.3. The van der Waals surface area contributed by atoms with Crippen molar-refractivity contribution in [2.24, 2.45) is 0 Å². The minimum Gasteiger partial charge on any atom is -0.380 e. The van der Waals surface area contributed by atoms with Gasteiger partial charge in [0.25, 0.3) is 0 Å². The summed E-state index contributed by atoms with van der Waals surface area (Å²) in [6.45, 7) is 1.72. The Bertz CT molecular complexity index is 2690. The first-order valence-corrected chi connectivity index (χ1v) is 23.0. The van der Waals surface area contributed by atoms with Crippen molar-refractivity contribution in [2.75, 3.05) is 28.4 Å². The second-order valence-electron chi connectivity index (χ2n) is 16.0. The Labute approximate surface area is 360 Å². The first-order chi connectivity index (χ1) is 30.2. The third-order valence-corrected chi connectivity index (χ3v) is 17.8. The third kappa shape index (κ3) is 5.95. The number of hydrogen-bond donors (Lipinski definition) is 0. The maximum absolute atomic E-state index is 6.29. The predicted molar refractivity (Wildman–Crippen MR) is 253 cm³/mol. The van der Waals surface area contributed by atoms with E-state index in [4.69, 9.17) is 18.9 Å². The summed E-state index contributed by atoms with van der Waals surface area (Å²) in [7, 11) is 3.90. The van der Waals surface area contributed by atoms with Crippen molar-refractivity contribution in [1.82, 2.24) is 0 Å². The Kier molecular flexibility index (Phi) is 10.5. The van der Waals surface area contributed by atoms with E-state index in [0.717, 1.165) is 22.3 Å². The molecule has 0 atom stereocenters. The molecule has 2 heterocycles. The molecule has 8 aromatic carbocycles. The summed E-state index contributed by atoms with van der Waals surface area (Å²) in [6, 6.07) is 62.5. The quantitative estimate of drug-likeness (QED) is 0.115. The number of methoxy groups -OCH3 is 4. The molecule has 1 spiro atoms. The monoisotopic (exact) mass is 812 g/mol. The molecular formula is C56H48O4Si. The molecule has 300 valence electrons. The summed E-state index contributed by atoms with van der Waals surface area (Å²) in [5, 5.41) is 5.58. The van der Waals surface area contributed by atoms with Crippen LogP contribution in [-0.2, 0) is 45.4 Å². The molecule has 2 aliphatic heterocycles. The van der Waals surface area contributed by atoms with Crippen molar-refractivity contribution in [3.8, 4) is 66.8 Å². The van der Waals surface area contributed by atoms with Gasteiger partial charge in [0, 0.05) is 28.4 Å². The molecular weight excluding hydrogens is 765 g/mol. The van der Waals surface area contributed by atoms with E-state index >= 15 is 0 Å². The van der Waals surface area contributed by atoms with Gasteiger partial charge in [0.15, 0.2) is 8.07 Å². The van der Waals surface area contributed by atoms with Crippen LogP contribution in [0.4, 0.5) is 0 Å². The van der Waals surface area contributed by atoms with E-state index in [1.807, 2.05) is 14.2 Å². The van der Waals surface area contributed by atoms with Crippen LogP contribution in [0.25, 0.3) is 66.8 Å². The first-order valence-electron chi connectivity index (χ1n) is 21.0. The topological polar surface area (TPSA) is 36.9 Å². The highest BCUT2D eigenvalue weighted by Crippen LogP contribution is 2.51. The van der Waals surface area contributed by atoms with E-state index in [0.29, 0.717) is 26.4 Å². The van der Waals surface area contributed by atoms with Crippen LogP contribution < -0.4 is 20.7 Å².